The number of nitrogens with zero attached hydrogens (tertiary/aromatic N) is 1. The van der Waals surface area contributed by atoms with Crippen molar-refractivity contribution in [2.75, 3.05) is 13.6 Å². The van der Waals surface area contributed by atoms with Gasteiger partial charge in [0.15, 0.2) is 0 Å². The molecular formula is C11H16N2OS. The van der Waals surface area contributed by atoms with Gasteiger partial charge in [0.1, 0.15) is 0 Å². The summed E-state index contributed by atoms with van der Waals surface area (Å²) in [6.45, 7) is 0.791. The Morgan fingerprint density at radius 2 is 2.47 bits per heavy atom. The van der Waals surface area contributed by atoms with E-state index in [1.54, 1.807) is 16.2 Å². The van der Waals surface area contributed by atoms with Gasteiger partial charge in [-0.15, -0.1) is 11.3 Å². The van der Waals surface area contributed by atoms with E-state index in [0.29, 0.717) is 6.04 Å². The van der Waals surface area contributed by atoms with Crippen LogP contribution in [0.5, 0.6) is 0 Å². The van der Waals surface area contributed by atoms with E-state index < -0.39 is 0 Å². The molecule has 1 aliphatic rings. The van der Waals surface area contributed by atoms with Crippen molar-refractivity contribution in [3.05, 3.63) is 22.4 Å². The average Bonchev–Trinajstić information content (AvgIpc) is 2.88. The normalized spacial score (nSPS) is 15.0. The van der Waals surface area contributed by atoms with Crippen molar-refractivity contribution in [3.8, 4) is 0 Å². The van der Waals surface area contributed by atoms with Gasteiger partial charge in [-0.3, -0.25) is 0 Å². The summed E-state index contributed by atoms with van der Waals surface area (Å²) in [4.78, 5) is 14.7. The third-order valence-electron chi connectivity index (χ3n) is 2.53. The standard InChI is InChI=1S/C11H16N2OS/c1-13(11(14)12-9-4-5-9)7-6-10-3-2-8-15-10/h2-3,8-9H,4-7H2,1H3,(H,12,14). The lowest BCUT2D eigenvalue weighted by atomic mass is 10.3. The van der Waals surface area contributed by atoms with Gasteiger partial charge in [0.2, 0.25) is 0 Å². The molecule has 1 heterocycles. The summed E-state index contributed by atoms with van der Waals surface area (Å²) in [6, 6.07) is 4.66. The predicted octanol–water partition coefficient (Wildman–Crippen LogP) is 2.09. The van der Waals surface area contributed by atoms with Crippen molar-refractivity contribution >= 4 is 17.4 Å². The summed E-state index contributed by atoms with van der Waals surface area (Å²) in [7, 11) is 1.85. The smallest absolute Gasteiger partial charge is 0.317 e. The van der Waals surface area contributed by atoms with Gasteiger partial charge in [0.25, 0.3) is 0 Å². The second kappa shape index (κ2) is 4.66. The van der Waals surface area contributed by atoms with Gasteiger partial charge in [0, 0.05) is 24.5 Å². The monoisotopic (exact) mass is 224 g/mol. The lowest BCUT2D eigenvalue weighted by Gasteiger charge is -2.17. The first kappa shape index (κ1) is 10.5. The molecule has 1 N–H and O–H groups in total. The number of thiophene rings is 1. The van der Waals surface area contributed by atoms with Crippen LogP contribution in [0.2, 0.25) is 0 Å². The van der Waals surface area contributed by atoms with Crippen LogP contribution in [0.3, 0.4) is 0 Å². The lowest BCUT2D eigenvalue weighted by molar-refractivity contribution is 0.209. The van der Waals surface area contributed by atoms with E-state index in [1.165, 1.54) is 4.88 Å². The van der Waals surface area contributed by atoms with Crippen molar-refractivity contribution in [3.63, 3.8) is 0 Å². The first-order valence-corrected chi connectivity index (χ1v) is 6.17. The van der Waals surface area contributed by atoms with Crippen molar-refractivity contribution in [1.29, 1.82) is 0 Å². The maximum atomic E-state index is 11.6. The van der Waals surface area contributed by atoms with Crippen LogP contribution in [0.1, 0.15) is 17.7 Å². The first-order chi connectivity index (χ1) is 7.25. The zero-order valence-electron chi connectivity index (χ0n) is 8.90. The number of urea groups is 1. The van der Waals surface area contributed by atoms with E-state index in [1.807, 2.05) is 13.1 Å². The Balaban J connectivity index is 1.71. The highest BCUT2D eigenvalue weighted by Crippen LogP contribution is 2.18. The average molecular weight is 224 g/mol. The summed E-state index contributed by atoms with van der Waals surface area (Å²) >= 11 is 1.74. The van der Waals surface area contributed by atoms with Gasteiger partial charge in [-0.25, -0.2) is 4.79 Å². The van der Waals surface area contributed by atoms with Crippen molar-refractivity contribution in [1.82, 2.24) is 10.2 Å². The quantitative estimate of drug-likeness (QED) is 0.834. The van der Waals surface area contributed by atoms with Crippen LogP contribution in [0, 0.1) is 0 Å². The molecule has 0 atom stereocenters. The molecule has 0 aliphatic heterocycles. The highest BCUT2D eigenvalue weighted by molar-refractivity contribution is 7.09. The fourth-order valence-electron chi connectivity index (χ4n) is 1.35. The number of hydrogen-bond acceptors (Lipinski definition) is 2. The highest BCUT2D eigenvalue weighted by atomic mass is 32.1. The predicted molar refractivity (Wildman–Crippen MR) is 62.2 cm³/mol. The minimum absolute atomic E-state index is 0.0639. The van der Waals surface area contributed by atoms with Crippen molar-refractivity contribution in [2.45, 2.75) is 25.3 Å². The van der Waals surface area contributed by atoms with E-state index in [4.69, 9.17) is 0 Å². The highest BCUT2D eigenvalue weighted by Gasteiger charge is 2.24. The van der Waals surface area contributed by atoms with E-state index >= 15 is 0 Å². The van der Waals surface area contributed by atoms with Crippen LogP contribution >= 0.6 is 11.3 Å². The molecule has 1 fully saturated rings. The molecule has 0 aromatic carbocycles. The second-order valence-corrected chi connectivity index (χ2v) is 5.01. The number of hydrogen-bond donors (Lipinski definition) is 1. The zero-order valence-corrected chi connectivity index (χ0v) is 9.72. The zero-order chi connectivity index (χ0) is 10.7. The lowest BCUT2D eigenvalue weighted by Crippen LogP contribution is -2.39. The largest absolute Gasteiger partial charge is 0.335 e. The van der Waals surface area contributed by atoms with Crippen LogP contribution in [0.15, 0.2) is 17.5 Å². The maximum absolute atomic E-state index is 11.6. The fraction of sp³-hybridized carbons (Fsp3) is 0.545. The topological polar surface area (TPSA) is 32.3 Å². The summed E-state index contributed by atoms with van der Waals surface area (Å²) in [5.41, 5.74) is 0. The molecule has 1 saturated carbocycles. The molecule has 1 aromatic heterocycles. The van der Waals surface area contributed by atoms with E-state index in [0.717, 1.165) is 25.8 Å². The Morgan fingerprint density at radius 3 is 3.07 bits per heavy atom. The number of rotatable bonds is 4. The fourth-order valence-corrected chi connectivity index (χ4v) is 2.04. The van der Waals surface area contributed by atoms with Crippen LogP contribution in [0.4, 0.5) is 4.79 Å². The molecular weight excluding hydrogens is 208 g/mol. The molecule has 0 unspecified atom stereocenters. The molecule has 2 amide bonds. The van der Waals surface area contributed by atoms with Gasteiger partial charge in [-0.2, -0.15) is 0 Å². The Kier molecular flexibility index (Phi) is 3.26. The minimum atomic E-state index is 0.0639. The molecule has 0 bridgehead atoms. The van der Waals surface area contributed by atoms with E-state index in [2.05, 4.69) is 16.8 Å². The number of amides is 2. The summed E-state index contributed by atoms with van der Waals surface area (Å²) in [5, 5.41) is 5.04. The number of likely N-dealkylation sites (N-methyl/N-ethyl adjacent to an activating group) is 1. The molecule has 1 aliphatic carbocycles. The SMILES string of the molecule is CN(CCc1cccs1)C(=O)NC1CC1. The van der Waals surface area contributed by atoms with Gasteiger partial charge in [0.05, 0.1) is 0 Å². The van der Waals surface area contributed by atoms with Crippen molar-refractivity contribution in [2.24, 2.45) is 0 Å². The van der Waals surface area contributed by atoms with Gasteiger partial charge in [-0.05, 0) is 30.7 Å². The summed E-state index contributed by atoms with van der Waals surface area (Å²) in [6.07, 6.45) is 3.24. The Hall–Kier alpha value is -1.03. The first-order valence-electron chi connectivity index (χ1n) is 5.30. The van der Waals surface area contributed by atoms with Gasteiger partial charge < -0.3 is 10.2 Å². The van der Waals surface area contributed by atoms with Gasteiger partial charge in [-0.1, -0.05) is 6.07 Å². The Morgan fingerprint density at radius 1 is 1.67 bits per heavy atom. The second-order valence-electron chi connectivity index (χ2n) is 3.97. The molecule has 0 spiro atoms. The number of carbonyl (C=O) groups excluding carboxylic acids is 1. The van der Waals surface area contributed by atoms with Crippen LogP contribution in [-0.2, 0) is 6.42 Å². The molecule has 15 heavy (non-hydrogen) atoms. The van der Waals surface area contributed by atoms with Gasteiger partial charge >= 0.3 is 6.03 Å². The molecule has 0 saturated heterocycles. The minimum Gasteiger partial charge on any atom is -0.335 e. The van der Waals surface area contributed by atoms with Crippen molar-refractivity contribution < 1.29 is 4.79 Å². The molecule has 3 nitrogen and oxygen atoms in total. The van der Waals surface area contributed by atoms with E-state index in [9.17, 15) is 4.79 Å². The maximum Gasteiger partial charge on any atom is 0.317 e. The third kappa shape index (κ3) is 3.23. The van der Waals surface area contributed by atoms with E-state index in [-0.39, 0.29) is 6.03 Å². The number of carbonyl (C=O) groups is 1. The van der Waals surface area contributed by atoms with Crippen LogP contribution in [-0.4, -0.2) is 30.6 Å². The Bertz CT molecular complexity index is 319. The summed E-state index contributed by atoms with van der Waals surface area (Å²) < 4.78 is 0. The van der Waals surface area contributed by atoms with Crippen LogP contribution in [0.25, 0.3) is 0 Å². The molecule has 2 rings (SSSR count). The number of nitrogens with one attached hydrogen (secondary N) is 1. The Labute approximate surface area is 94.1 Å². The van der Waals surface area contributed by atoms with Crippen LogP contribution < -0.4 is 5.32 Å². The summed E-state index contributed by atoms with van der Waals surface area (Å²) in [5.74, 6) is 0. The molecule has 4 heteroatoms. The molecule has 0 radical (unpaired) electrons. The molecule has 1 aromatic rings. The third-order valence-corrected chi connectivity index (χ3v) is 3.46. The molecule has 82 valence electrons.